The lowest BCUT2D eigenvalue weighted by atomic mass is 10.0. The number of rotatable bonds is 41. The topological polar surface area (TPSA) is 135 Å². The molecular formula is C43H79NO10. The Labute approximate surface area is 328 Å². The molecule has 0 radical (unpaired) electrons. The highest BCUT2D eigenvalue weighted by atomic mass is 16.6. The first-order valence-electron chi connectivity index (χ1n) is 21.3. The molecule has 0 saturated carbocycles. The minimum Gasteiger partial charge on any atom is -0.469 e. The largest absolute Gasteiger partial charge is 0.469 e. The average molecular weight is 770 g/mol. The molecule has 316 valence electrons. The Bertz CT molecular complexity index is 941. The molecule has 0 spiro atoms. The molecule has 0 aliphatic rings. The van der Waals surface area contributed by atoms with E-state index in [0.717, 1.165) is 77.2 Å². The molecule has 0 saturated heterocycles. The summed E-state index contributed by atoms with van der Waals surface area (Å²) in [5.41, 5.74) is 0. The van der Waals surface area contributed by atoms with Gasteiger partial charge >= 0.3 is 17.9 Å². The molecular weight excluding hydrogens is 690 g/mol. The number of hydrogen-bond donors (Lipinski definition) is 0. The van der Waals surface area contributed by atoms with Crippen molar-refractivity contribution in [2.75, 3.05) is 61.3 Å². The molecule has 0 bridgehead atoms. The van der Waals surface area contributed by atoms with Crippen LogP contribution in [0.1, 0.15) is 180 Å². The van der Waals surface area contributed by atoms with Gasteiger partial charge in [-0.1, -0.05) is 116 Å². The van der Waals surface area contributed by atoms with Gasteiger partial charge in [-0.25, -0.2) is 0 Å². The van der Waals surface area contributed by atoms with E-state index in [1.165, 1.54) is 91.3 Å². The number of carbonyl (C=O) groups is 5. The number of carbonyl (C=O) groups excluding carboxylic acids is 5. The smallest absolute Gasteiger partial charge is 0.313 e. The maximum absolute atomic E-state index is 12.3. The number of ketones is 2. The number of methoxy groups -OCH3 is 2. The van der Waals surface area contributed by atoms with Crippen LogP contribution in [0.4, 0.5) is 0 Å². The molecule has 0 rings (SSSR count). The summed E-state index contributed by atoms with van der Waals surface area (Å²) in [7, 11) is 6.61. The van der Waals surface area contributed by atoms with Crippen LogP contribution in [0.15, 0.2) is 0 Å². The van der Waals surface area contributed by atoms with Gasteiger partial charge in [-0.15, -0.1) is 0 Å². The fraction of sp³-hybridized carbons (Fsp3) is 0.884. The standard InChI is InChI=1S/C43H79NO10/c1-44(2)31-27-30-41(47)54-37-40(53-33-26-22-18-14-10-6-8-12-16-20-24-29-39(46)35-43(49)51-4)36-52-32-25-21-17-13-9-5-7-11-15-19-23-28-38(45)34-42(48)50-3/h40H,5-37H2,1-4H3. The van der Waals surface area contributed by atoms with Crippen molar-refractivity contribution in [2.45, 2.75) is 186 Å². The fourth-order valence-corrected chi connectivity index (χ4v) is 6.18. The SMILES string of the molecule is COC(=O)CC(=O)CCCCCCCCCCCCCOCC(COC(=O)CCCN(C)C)OCCCCCCCCCCCCCC(=O)CC(=O)OC. The van der Waals surface area contributed by atoms with Gasteiger partial charge in [0.25, 0.3) is 0 Å². The van der Waals surface area contributed by atoms with E-state index in [-0.39, 0.29) is 43.1 Å². The molecule has 11 nitrogen and oxygen atoms in total. The van der Waals surface area contributed by atoms with E-state index in [1.807, 2.05) is 14.1 Å². The van der Waals surface area contributed by atoms with E-state index in [1.54, 1.807) is 0 Å². The molecule has 0 aromatic rings. The Morgan fingerprint density at radius 2 is 0.833 bits per heavy atom. The maximum atomic E-state index is 12.3. The van der Waals surface area contributed by atoms with Crippen molar-refractivity contribution in [2.24, 2.45) is 0 Å². The molecule has 54 heavy (non-hydrogen) atoms. The van der Waals surface area contributed by atoms with Crippen LogP contribution in [-0.2, 0) is 47.7 Å². The zero-order valence-corrected chi connectivity index (χ0v) is 34.9. The molecule has 1 unspecified atom stereocenters. The zero-order chi connectivity index (χ0) is 39.9. The predicted octanol–water partition coefficient (Wildman–Crippen LogP) is 8.90. The number of nitrogens with zero attached hydrogens (tertiary/aromatic N) is 1. The van der Waals surface area contributed by atoms with Gasteiger partial charge in [-0.05, 0) is 52.7 Å². The zero-order valence-electron chi connectivity index (χ0n) is 34.9. The van der Waals surface area contributed by atoms with Crippen molar-refractivity contribution in [1.82, 2.24) is 4.90 Å². The average Bonchev–Trinajstić information content (AvgIpc) is 3.14. The Hall–Kier alpha value is -2.37. The van der Waals surface area contributed by atoms with Crippen molar-refractivity contribution in [3.63, 3.8) is 0 Å². The van der Waals surface area contributed by atoms with E-state index in [4.69, 9.17) is 14.2 Å². The predicted molar refractivity (Wildman–Crippen MR) is 213 cm³/mol. The van der Waals surface area contributed by atoms with Gasteiger partial charge in [0, 0.05) is 32.5 Å². The second-order valence-corrected chi connectivity index (χ2v) is 15.0. The summed E-state index contributed by atoms with van der Waals surface area (Å²) in [4.78, 5) is 59.9. The Balaban J connectivity index is 3.95. The molecule has 1 atom stereocenters. The molecule has 0 aromatic carbocycles. The minimum absolute atomic E-state index is 0.0267. The molecule has 0 amide bonds. The van der Waals surface area contributed by atoms with Crippen LogP contribution in [0.2, 0.25) is 0 Å². The van der Waals surface area contributed by atoms with Gasteiger partial charge in [0.2, 0.25) is 0 Å². The number of hydrogen-bond acceptors (Lipinski definition) is 11. The monoisotopic (exact) mass is 770 g/mol. The highest BCUT2D eigenvalue weighted by Crippen LogP contribution is 2.14. The number of esters is 3. The summed E-state index contributed by atoms with van der Waals surface area (Å²) in [6, 6.07) is 0. The van der Waals surface area contributed by atoms with Gasteiger partial charge in [-0.2, -0.15) is 0 Å². The minimum atomic E-state index is -0.448. The highest BCUT2D eigenvalue weighted by Gasteiger charge is 2.14. The molecule has 11 heteroatoms. The van der Waals surface area contributed by atoms with E-state index < -0.39 is 11.9 Å². The van der Waals surface area contributed by atoms with Gasteiger partial charge < -0.3 is 28.6 Å². The lowest BCUT2D eigenvalue weighted by Crippen LogP contribution is -2.28. The first kappa shape index (κ1) is 51.6. The van der Waals surface area contributed by atoms with Gasteiger partial charge in [0.05, 0.1) is 20.8 Å². The highest BCUT2D eigenvalue weighted by molar-refractivity contribution is 5.95. The van der Waals surface area contributed by atoms with Crippen LogP contribution in [0, 0.1) is 0 Å². The molecule has 0 aliphatic carbocycles. The molecule has 0 heterocycles. The second kappa shape index (κ2) is 38.9. The molecule has 0 fully saturated rings. The first-order chi connectivity index (χ1) is 26.2. The fourth-order valence-electron chi connectivity index (χ4n) is 6.18. The summed E-state index contributed by atoms with van der Waals surface area (Å²) >= 11 is 0. The Morgan fingerprint density at radius 1 is 0.444 bits per heavy atom. The third-order valence-corrected chi connectivity index (χ3v) is 9.56. The summed E-state index contributed by atoms with van der Waals surface area (Å²) in [5, 5.41) is 0. The summed E-state index contributed by atoms with van der Waals surface area (Å²) < 4.78 is 26.7. The van der Waals surface area contributed by atoms with Crippen LogP contribution >= 0.6 is 0 Å². The Kier molecular flexibility index (Phi) is 37.2. The van der Waals surface area contributed by atoms with Crippen molar-refractivity contribution in [3.8, 4) is 0 Å². The maximum Gasteiger partial charge on any atom is 0.313 e. The van der Waals surface area contributed by atoms with Gasteiger partial charge in [0.1, 0.15) is 37.1 Å². The second-order valence-electron chi connectivity index (χ2n) is 15.0. The third-order valence-electron chi connectivity index (χ3n) is 9.56. The summed E-state index contributed by atoms with van der Waals surface area (Å²) in [5.74, 6) is -1.13. The molecule has 0 aliphatic heterocycles. The lowest BCUT2D eigenvalue weighted by Gasteiger charge is -2.18. The van der Waals surface area contributed by atoms with Crippen LogP contribution in [0.25, 0.3) is 0 Å². The molecule has 0 N–H and O–H groups in total. The number of Topliss-reactive ketones (excluding diaryl/α,β-unsaturated/α-hetero) is 2. The summed E-state index contributed by atoms with van der Waals surface area (Å²) in [6.07, 6.45) is 26.7. The van der Waals surface area contributed by atoms with Crippen molar-refractivity contribution >= 4 is 29.5 Å². The first-order valence-corrected chi connectivity index (χ1v) is 21.3. The lowest BCUT2D eigenvalue weighted by molar-refractivity contribution is -0.150. The third kappa shape index (κ3) is 37.9. The van der Waals surface area contributed by atoms with E-state index in [0.29, 0.717) is 39.1 Å². The van der Waals surface area contributed by atoms with Crippen molar-refractivity contribution in [3.05, 3.63) is 0 Å². The number of unbranched alkanes of at least 4 members (excludes halogenated alkanes) is 20. The van der Waals surface area contributed by atoms with Gasteiger partial charge in [0.15, 0.2) is 0 Å². The van der Waals surface area contributed by atoms with Crippen LogP contribution in [0.3, 0.4) is 0 Å². The van der Waals surface area contributed by atoms with E-state index in [2.05, 4.69) is 14.4 Å². The van der Waals surface area contributed by atoms with E-state index in [9.17, 15) is 24.0 Å². The van der Waals surface area contributed by atoms with E-state index >= 15 is 0 Å². The summed E-state index contributed by atoms with van der Waals surface area (Å²) in [6.45, 7) is 2.86. The van der Waals surface area contributed by atoms with Crippen LogP contribution < -0.4 is 0 Å². The van der Waals surface area contributed by atoms with Crippen molar-refractivity contribution < 1.29 is 47.7 Å². The molecule has 0 aromatic heterocycles. The quantitative estimate of drug-likeness (QED) is 0.0255. The van der Waals surface area contributed by atoms with Crippen LogP contribution in [0.5, 0.6) is 0 Å². The Morgan fingerprint density at radius 3 is 1.24 bits per heavy atom. The van der Waals surface area contributed by atoms with Gasteiger partial charge in [-0.3, -0.25) is 24.0 Å². The van der Waals surface area contributed by atoms with Crippen molar-refractivity contribution in [1.29, 1.82) is 0 Å². The van der Waals surface area contributed by atoms with Crippen LogP contribution in [-0.4, -0.2) is 102 Å². The number of ether oxygens (including phenoxy) is 5. The normalized spacial score (nSPS) is 11.8.